The van der Waals surface area contributed by atoms with E-state index < -0.39 is 0 Å². The number of nitrogens with one attached hydrogen (secondary N) is 1. The standard InChI is InChI=1S/C25H25N7O3/c1-2-21(33)29-30-14-6-7-18(15-30)32-24-22(23(26)27-16-28-24)31(25(32)34)17-10-12-20(13-11-17)35-19-8-4-3-5-9-19/h2-5,8-13,16,18H,1,6-7,14-15H2,(H,29,33)(H2,26,27,28). The number of anilines is 1. The Kier molecular flexibility index (Phi) is 6.02. The minimum Gasteiger partial charge on any atom is -0.457 e. The summed E-state index contributed by atoms with van der Waals surface area (Å²) in [6, 6.07) is 16.4. The Labute approximate surface area is 201 Å². The molecule has 0 radical (unpaired) electrons. The molecule has 1 aliphatic heterocycles. The van der Waals surface area contributed by atoms with E-state index in [1.165, 1.54) is 17.0 Å². The maximum atomic E-state index is 13.8. The number of amides is 1. The summed E-state index contributed by atoms with van der Waals surface area (Å²) in [5, 5.41) is 1.80. The maximum Gasteiger partial charge on any atom is 0.335 e. The van der Waals surface area contributed by atoms with E-state index in [1.54, 1.807) is 33.8 Å². The monoisotopic (exact) mass is 471 g/mol. The van der Waals surface area contributed by atoms with Crippen molar-refractivity contribution in [2.75, 3.05) is 18.8 Å². The first-order valence-corrected chi connectivity index (χ1v) is 11.3. The molecule has 1 fully saturated rings. The van der Waals surface area contributed by atoms with E-state index in [-0.39, 0.29) is 23.5 Å². The number of piperidine rings is 1. The van der Waals surface area contributed by atoms with Crippen molar-refractivity contribution in [3.05, 3.63) is 84.1 Å². The quantitative estimate of drug-likeness (QED) is 0.415. The number of carbonyl (C=O) groups is 1. The van der Waals surface area contributed by atoms with Gasteiger partial charge in [-0.2, -0.15) is 0 Å². The average Bonchev–Trinajstić information content (AvgIpc) is 3.18. The number of hydrazine groups is 1. The second kappa shape index (κ2) is 9.43. The number of benzene rings is 2. The van der Waals surface area contributed by atoms with Gasteiger partial charge in [0.1, 0.15) is 23.3 Å². The van der Waals surface area contributed by atoms with Crippen LogP contribution in [0.25, 0.3) is 16.9 Å². The van der Waals surface area contributed by atoms with Crippen LogP contribution in [0, 0.1) is 0 Å². The Bertz CT molecular complexity index is 1430. The van der Waals surface area contributed by atoms with E-state index in [2.05, 4.69) is 22.0 Å². The van der Waals surface area contributed by atoms with Crippen molar-refractivity contribution in [3.8, 4) is 17.2 Å². The zero-order valence-corrected chi connectivity index (χ0v) is 19.0. The largest absolute Gasteiger partial charge is 0.457 e. The van der Waals surface area contributed by atoms with Gasteiger partial charge in [-0.05, 0) is 55.3 Å². The molecule has 10 heteroatoms. The van der Waals surface area contributed by atoms with Crippen molar-refractivity contribution < 1.29 is 9.53 Å². The lowest BCUT2D eigenvalue weighted by atomic mass is 10.1. The van der Waals surface area contributed by atoms with E-state index >= 15 is 0 Å². The van der Waals surface area contributed by atoms with E-state index in [9.17, 15) is 9.59 Å². The van der Waals surface area contributed by atoms with Gasteiger partial charge in [-0.1, -0.05) is 24.8 Å². The van der Waals surface area contributed by atoms with Gasteiger partial charge in [-0.3, -0.25) is 19.4 Å². The van der Waals surface area contributed by atoms with Gasteiger partial charge in [0, 0.05) is 13.1 Å². The Hall–Kier alpha value is -4.44. The van der Waals surface area contributed by atoms with Crippen molar-refractivity contribution in [3.63, 3.8) is 0 Å². The Morgan fingerprint density at radius 1 is 1.11 bits per heavy atom. The minimum absolute atomic E-state index is 0.208. The molecule has 178 valence electrons. The molecule has 4 aromatic rings. The number of aromatic nitrogens is 4. The Morgan fingerprint density at radius 3 is 2.60 bits per heavy atom. The van der Waals surface area contributed by atoms with Gasteiger partial charge in [0.15, 0.2) is 11.5 Å². The van der Waals surface area contributed by atoms with Gasteiger partial charge in [0.05, 0.1) is 11.7 Å². The van der Waals surface area contributed by atoms with Crippen LogP contribution in [0.5, 0.6) is 11.5 Å². The van der Waals surface area contributed by atoms with Crippen LogP contribution < -0.4 is 21.6 Å². The molecule has 0 spiro atoms. The van der Waals surface area contributed by atoms with E-state index in [4.69, 9.17) is 10.5 Å². The number of imidazole rings is 1. The normalized spacial score (nSPS) is 16.2. The molecule has 5 rings (SSSR count). The molecule has 0 aliphatic carbocycles. The highest BCUT2D eigenvalue weighted by atomic mass is 16.5. The third-order valence-corrected chi connectivity index (χ3v) is 5.97. The number of carbonyl (C=O) groups excluding carboxylic acids is 1. The number of nitrogen functional groups attached to an aromatic ring is 1. The van der Waals surface area contributed by atoms with Crippen molar-refractivity contribution in [1.29, 1.82) is 0 Å². The lowest BCUT2D eigenvalue weighted by molar-refractivity contribution is -0.121. The first-order valence-electron chi connectivity index (χ1n) is 11.3. The summed E-state index contributed by atoms with van der Waals surface area (Å²) in [6.45, 7) is 4.63. The van der Waals surface area contributed by atoms with Crippen LogP contribution in [0.15, 0.2) is 78.4 Å². The van der Waals surface area contributed by atoms with Gasteiger partial charge >= 0.3 is 5.69 Å². The molecule has 1 saturated heterocycles. The summed E-state index contributed by atoms with van der Waals surface area (Å²) < 4.78 is 9.05. The molecule has 1 unspecified atom stereocenters. The second-order valence-corrected chi connectivity index (χ2v) is 8.25. The van der Waals surface area contributed by atoms with E-state index in [0.29, 0.717) is 35.7 Å². The number of fused-ring (bicyclic) bond motifs is 1. The van der Waals surface area contributed by atoms with E-state index in [1.807, 2.05) is 30.3 Å². The molecule has 0 saturated carbocycles. The fraction of sp³-hybridized carbons (Fsp3) is 0.200. The highest BCUT2D eigenvalue weighted by molar-refractivity contribution is 5.86. The van der Waals surface area contributed by atoms with Gasteiger partial charge < -0.3 is 10.5 Å². The SMILES string of the molecule is C=CC(=O)NN1CCCC(n2c(=O)n(-c3ccc(Oc4ccccc4)cc3)c3c(N)ncnc32)C1. The van der Waals surface area contributed by atoms with Crippen molar-refractivity contribution in [2.45, 2.75) is 18.9 Å². The lowest BCUT2D eigenvalue weighted by Crippen LogP contribution is -2.48. The molecule has 0 bridgehead atoms. The average molecular weight is 472 g/mol. The molecule has 1 amide bonds. The van der Waals surface area contributed by atoms with Crippen LogP contribution >= 0.6 is 0 Å². The summed E-state index contributed by atoms with van der Waals surface area (Å²) in [7, 11) is 0. The number of nitrogens with two attached hydrogens (primary N) is 1. The van der Waals surface area contributed by atoms with Crippen molar-refractivity contribution >= 4 is 22.9 Å². The van der Waals surface area contributed by atoms with Gasteiger partial charge in [-0.15, -0.1) is 0 Å². The molecule has 3 N–H and O–H groups in total. The van der Waals surface area contributed by atoms with Gasteiger partial charge in [0.25, 0.3) is 5.91 Å². The summed E-state index contributed by atoms with van der Waals surface area (Å²) in [4.78, 5) is 34.1. The van der Waals surface area contributed by atoms with E-state index in [0.717, 1.165) is 18.6 Å². The van der Waals surface area contributed by atoms with Gasteiger partial charge in [0.2, 0.25) is 0 Å². The number of nitrogens with zero attached hydrogens (tertiary/aromatic N) is 5. The summed E-state index contributed by atoms with van der Waals surface area (Å²) in [5.74, 6) is 1.28. The zero-order chi connectivity index (χ0) is 24.4. The van der Waals surface area contributed by atoms with Crippen LogP contribution in [0.2, 0.25) is 0 Å². The minimum atomic E-state index is -0.287. The van der Waals surface area contributed by atoms with Crippen LogP contribution in [-0.4, -0.2) is 43.1 Å². The smallest absolute Gasteiger partial charge is 0.335 e. The topological polar surface area (TPSA) is 120 Å². The number of hydrogen-bond acceptors (Lipinski definition) is 7. The first kappa shape index (κ1) is 22.4. The molecule has 2 aromatic carbocycles. The summed E-state index contributed by atoms with van der Waals surface area (Å²) in [5.41, 5.74) is 10.3. The molecule has 3 heterocycles. The van der Waals surface area contributed by atoms with Crippen LogP contribution in [-0.2, 0) is 4.79 Å². The number of hydrogen-bond donors (Lipinski definition) is 2. The third-order valence-electron chi connectivity index (χ3n) is 5.97. The molecule has 1 aliphatic rings. The molecular formula is C25H25N7O3. The third kappa shape index (κ3) is 4.38. The second-order valence-electron chi connectivity index (χ2n) is 8.25. The molecular weight excluding hydrogens is 446 g/mol. The highest BCUT2D eigenvalue weighted by Crippen LogP contribution is 2.28. The molecule has 1 atom stereocenters. The van der Waals surface area contributed by atoms with Crippen LogP contribution in [0.1, 0.15) is 18.9 Å². The summed E-state index contributed by atoms with van der Waals surface area (Å²) in [6.07, 6.45) is 4.14. The fourth-order valence-corrected chi connectivity index (χ4v) is 4.39. The number of para-hydroxylation sites is 1. The van der Waals surface area contributed by atoms with Crippen LogP contribution in [0.4, 0.5) is 5.82 Å². The Morgan fingerprint density at radius 2 is 1.86 bits per heavy atom. The zero-order valence-electron chi connectivity index (χ0n) is 19.0. The summed E-state index contributed by atoms with van der Waals surface area (Å²) >= 11 is 0. The van der Waals surface area contributed by atoms with Gasteiger partial charge in [-0.25, -0.2) is 19.8 Å². The molecule has 10 nitrogen and oxygen atoms in total. The predicted octanol–water partition coefficient (Wildman–Crippen LogP) is 2.81. The molecule has 35 heavy (non-hydrogen) atoms. The maximum absolute atomic E-state index is 13.8. The first-order chi connectivity index (χ1) is 17.0. The van der Waals surface area contributed by atoms with Crippen molar-refractivity contribution in [1.82, 2.24) is 29.5 Å². The Balaban J connectivity index is 1.52. The fourth-order valence-electron chi connectivity index (χ4n) is 4.39. The predicted molar refractivity (Wildman–Crippen MR) is 132 cm³/mol. The van der Waals surface area contributed by atoms with Crippen molar-refractivity contribution in [2.24, 2.45) is 0 Å². The molecule has 2 aromatic heterocycles. The number of rotatable bonds is 6. The van der Waals surface area contributed by atoms with Crippen LogP contribution in [0.3, 0.4) is 0 Å². The highest BCUT2D eigenvalue weighted by Gasteiger charge is 2.28. The lowest BCUT2D eigenvalue weighted by Gasteiger charge is -2.32. The number of ether oxygens (including phenoxy) is 1.